The third-order valence-corrected chi connectivity index (χ3v) is 10.8. The van der Waals surface area contributed by atoms with E-state index in [1.54, 1.807) is 0 Å². The number of nitrogens with one attached hydrogen (secondary N) is 1. The largest absolute Gasteiger partial charge is 0.388 e. The van der Waals surface area contributed by atoms with Crippen LogP contribution in [0.15, 0.2) is 151 Å². The maximum absolute atomic E-state index is 4.74. The summed E-state index contributed by atoms with van der Waals surface area (Å²) in [7, 11) is 2.01. The summed E-state index contributed by atoms with van der Waals surface area (Å²) in [6.45, 7) is 25.4. The highest BCUT2D eigenvalue weighted by Gasteiger charge is 2.34. The molecule has 1 aliphatic carbocycles. The van der Waals surface area contributed by atoms with Crippen molar-refractivity contribution in [3.8, 4) is 11.1 Å². The fraction of sp³-hybridized carbons (Fsp3) is 0.292. The first-order valence-electron chi connectivity index (χ1n) is 18.0. The van der Waals surface area contributed by atoms with Gasteiger partial charge in [-0.2, -0.15) is 0 Å². The van der Waals surface area contributed by atoms with Gasteiger partial charge in [0.05, 0.1) is 0 Å². The van der Waals surface area contributed by atoms with Gasteiger partial charge in [0.1, 0.15) is 0 Å². The minimum Gasteiger partial charge on any atom is -0.388 e. The van der Waals surface area contributed by atoms with Crippen molar-refractivity contribution < 1.29 is 0 Å². The standard InChI is InChI=1S/C48H56N2/c1-12-38(29-28-34(2)46(4,5)6)50(39-23-18-22-37(33-39)36-20-14-13-15-21-36)40-30-31-41-42(47(7,8)35(3)32-40)25-19-26-43(41)48(9,10)44-24-16-17-27-45(44)49-11/h12-34,49H,3H2,1-2,4-11H3/b29-28-,31-30-,38-12+,40-32+. The van der Waals surface area contributed by atoms with E-state index in [-0.39, 0.29) is 16.2 Å². The summed E-state index contributed by atoms with van der Waals surface area (Å²) >= 11 is 0. The molecule has 4 aromatic rings. The topological polar surface area (TPSA) is 15.3 Å². The Morgan fingerprint density at radius 2 is 1.44 bits per heavy atom. The van der Waals surface area contributed by atoms with Crippen LogP contribution >= 0.6 is 0 Å². The Morgan fingerprint density at radius 3 is 2.12 bits per heavy atom. The molecule has 2 nitrogen and oxygen atoms in total. The molecule has 4 aromatic carbocycles. The molecule has 50 heavy (non-hydrogen) atoms. The van der Waals surface area contributed by atoms with Crippen LogP contribution in [-0.2, 0) is 10.8 Å². The van der Waals surface area contributed by atoms with Crippen molar-refractivity contribution in [1.82, 2.24) is 0 Å². The zero-order chi connectivity index (χ0) is 36.3. The van der Waals surface area contributed by atoms with Gasteiger partial charge in [-0.05, 0) is 93.6 Å². The molecule has 5 rings (SSSR count). The van der Waals surface area contributed by atoms with E-state index in [0.29, 0.717) is 5.92 Å². The lowest BCUT2D eigenvalue weighted by molar-refractivity contribution is 0.314. The minimum atomic E-state index is -0.315. The molecule has 0 aliphatic heterocycles. The molecule has 0 radical (unpaired) electrons. The van der Waals surface area contributed by atoms with Crippen LogP contribution in [0, 0.1) is 11.3 Å². The number of hydrogen-bond donors (Lipinski definition) is 1. The highest BCUT2D eigenvalue weighted by atomic mass is 15.2. The van der Waals surface area contributed by atoms with Crippen LogP contribution in [0.3, 0.4) is 0 Å². The molecule has 2 heteroatoms. The van der Waals surface area contributed by atoms with Crippen LogP contribution in [0.4, 0.5) is 11.4 Å². The Bertz CT molecular complexity index is 1960. The second-order valence-electron chi connectivity index (χ2n) is 15.7. The smallest absolute Gasteiger partial charge is 0.0467 e. The van der Waals surface area contributed by atoms with Gasteiger partial charge in [-0.25, -0.2) is 0 Å². The van der Waals surface area contributed by atoms with Crippen LogP contribution in [-0.4, -0.2) is 7.05 Å². The molecule has 1 atom stereocenters. The van der Waals surface area contributed by atoms with Gasteiger partial charge >= 0.3 is 0 Å². The van der Waals surface area contributed by atoms with E-state index < -0.39 is 0 Å². The van der Waals surface area contributed by atoms with Crippen molar-refractivity contribution in [1.29, 1.82) is 0 Å². The highest BCUT2D eigenvalue weighted by Crippen LogP contribution is 2.45. The molecule has 0 saturated carbocycles. The predicted molar refractivity (Wildman–Crippen MR) is 220 cm³/mol. The quantitative estimate of drug-likeness (QED) is 0.180. The maximum Gasteiger partial charge on any atom is 0.0467 e. The Labute approximate surface area is 302 Å². The third-order valence-electron chi connectivity index (χ3n) is 10.8. The first-order valence-corrected chi connectivity index (χ1v) is 18.0. The summed E-state index contributed by atoms with van der Waals surface area (Å²) in [4.78, 5) is 2.39. The molecule has 0 heterocycles. The van der Waals surface area contributed by atoms with Gasteiger partial charge < -0.3 is 10.2 Å². The molecular weight excluding hydrogens is 605 g/mol. The number of fused-ring (bicyclic) bond motifs is 1. The van der Waals surface area contributed by atoms with Gasteiger partial charge in [-0.1, -0.05) is 159 Å². The summed E-state index contributed by atoms with van der Waals surface area (Å²) < 4.78 is 0. The van der Waals surface area contributed by atoms with Gasteiger partial charge in [0, 0.05) is 40.6 Å². The van der Waals surface area contributed by atoms with E-state index in [1.165, 1.54) is 33.4 Å². The summed E-state index contributed by atoms with van der Waals surface area (Å²) in [5.41, 5.74) is 12.6. The predicted octanol–water partition coefficient (Wildman–Crippen LogP) is 13.1. The van der Waals surface area contributed by atoms with Crippen LogP contribution in [0.2, 0.25) is 0 Å². The van der Waals surface area contributed by atoms with Crippen LogP contribution in [0.25, 0.3) is 17.2 Å². The molecule has 0 aromatic heterocycles. The Hall–Kier alpha value is -4.82. The van der Waals surface area contributed by atoms with Crippen molar-refractivity contribution >= 4 is 17.5 Å². The van der Waals surface area contributed by atoms with Gasteiger partial charge in [0.2, 0.25) is 0 Å². The van der Waals surface area contributed by atoms with Crippen LogP contribution < -0.4 is 10.2 Å². The van der Waals surface area contributed by atoms with E-state index >= 15 is 0 Å². The van der Waals surface area contributed by atoms with Gasteiger partial charge in [0.15, 0.2) is 0 Å². The van der Waals surface area contributed by atoms with Gasteiger partial charge in [-0.3, -0.25) is 0 Å². The van der Waals surface area contributed by atoms with Crippen molar-refractivity contribution in [2.45, 2.75) is 73.1 Å². The Morgan fingerprint density at radius 1 is 0.800 bits per heavy atom. The van der Waals surface area contributed by atoms with Crippen LogP contribution in [0.5, 0.6) is 0 Å². The average Bonchev–Trinajstić information content (AvgIpc) is 3.11. The molecule has 1 unspecified atom stereocenters. The van der Waals surface area contributed by atoms with E-state index in [9.17, 15) is 0 Å². The van der Waals surface area contributed by atoms with E-state index in [4.69, 9.17) is 6.58 Å². The van der Waals surface area contributed by atoms with Gasteiger partial charge in [0.25, 0.3) is 0 Å². The van der Waals surface area contributed by atoms with Crippen molar-refractivity contribution in [3.05, 3.63) is 173 Å². The van der Waals surface area contributed by atoms with Crippen molar-refractivity contribution in [3.63, 3.8) is 0 Å². The molecule has 0 fully saturated rings. The number of para-hydroxylation sites is 1. The number of nitrogens with zero attached hydrogens (tertiary/aromatic N) is 1. The van der Waals surface area contributed by atoms with Crippen molar-refractivity contribution in [2.24, 2.45) is 11.3 Å². The molecule has 1 aliphatic rings. The first-order chi connectivity index (χ1) is 23.7. The third kappa shape index (κ3) is 7.36. The molecule has 0 amide bonds. The number of benzene rings is 4. The number of anilines is 2. The Balaban J connectivity index is 1.73. The number of rotatable bonds is 9. The second kappa shape index (κ2) is 14.6. The van der Waals surface area contributed by atoms with Crippen molar-refractivity contribution in [2.75, 3.05) is 17.3 Å². The zero-order valence-corrected chi connectivity index (χ0v) is 31.9. The average molecular weight is 661 g/mol. The van der Waals surface area contributed by atoms with Gasteiger partial charge in [-0.15, -0.1) is 0 Å². The summed E-state index contributed by atoms with van der Waals surface area (Å²) in [5.74, 6) is 0.392. The molecule has 0 bridgehead atoms. The summed E-state index contributed by atoms with van der Waals surface area (Å²) in [5, 5.41) is 3.44. The minimum absolute atomic E-state index is 0.157. The summed E-state index contributed by atoms with van der Waals surface area (Å²) in [6, 6.07) is 35.0. The SMILES string of the molecule is C=C1/C=C(N(C(/C=C\C(C)C(C)(C)C)=C/C)c2cccc(-c3ccccc3)c2)\C=C/c2c(cccc2C(C)(C)c2ccccc2NC)C1(C)C. The first kappa shape index (κ1) is 36.5. The zero-order valence-electron chi connectivity index (χ0n) is 31.9. The molecule has 0 saturated heterocycles. The monoisotopic (exact) mass is 660 g/mol. The number of hydrogen-bond acceptors (Lipinski definition) is 2. The molecule has 0 spiro atoms. The fourth-order valence-electron chi connectivity index (χ4n) is 6.85. The summed E-state index contributed by atoms with van der Waals surface area (Å²) in [6.07, 6.45) is 13.8. The maximum atomic E-state index is 4.74. The lowest BCUT2D eigenvalue weighted by atomic mass is 9.69. The molecular formula is C48H56N2. The fourth-order valence-corrected chi connectivity index (χ4v) is 6.85. The Kier molecular flexibility index (Phi) is 10.6. The number of allylic oxidation sites excluding steroid dienone is 6. The second-order valence-corrected chi connectivity index (χ2v) is 15.7. The van der Waals surface area contributed by atoms with E-state index in [0.717, 1.165) is 28.3 Å². The van der Waals surface area contributed by atoms with E-state index in [2.05, 4.69) is 206 Å². The lowest BCUT2D eigenvalue weighted by Gasteiger charge is -2.37. The normalized spacial score (nSPS) is 17.3. The van der Waals surface area contributed by atoms with E-state index in [1.807, 2.05) is 7.05 Å². The highest BCUT2D eigenvalue weighted by molar-refractivity contribution is 5.76. The molecule has 1 N–H and O–H groups in total. The lowest BCUT2D eigenvalue weighted by Crippen LogP contribution is -2.28. The molecule has 258 valence electrons. The van der Waals surface area contributed by atoms with Crippen LogP contribution in [0.1, 0.15) is 84.6 Å².